The molecular formula is C28H36N8O2. The Kier molecular flexibility index (Phi) is 7.40. The van der Waals surface area contributed by atoms with Crippen LogP contribution in [-0.4, -0.2) is 74.2 Å². The summed E-state index contributed by atoms with van der Waals surface area (Å²) in [5.41, 5.74) is 2.22. The number of aromatic nitrogens is 4. The van der Waals surface area contributed by atoms with Crippen molar-refractivity contribution in [3.63, 3.8) is 0 Å². The van der Waals surface area contributed by atoms with E-state index >= 15 is 0 Å². The van der Waals surface area contributed by atoms with Crippen molar-refractivity contribution >= 4 is 28.4 Å². The molecule has 2 aromatic heterocycles. The average molecular weight is 517 g/mol. The number of hydrogen-bond donors (Lipinski definition) is 3. The number of nitriles is 1. The van der Waals surface area contributed by atoms with Crippen LogP contribution in [0, 0.1) is 11.3 Å². The van der Waals surface area contributed by atoms with Crippen molar-refractivity contribution in [3.05, 3.63) is 36.2 Å². The molecule has 1 aromatic carbocycles. The van der Waals surface area contributed by atoms with E-state index in [4.69, 9.17) is 14.7 Å². The molecule has 38 heavy (non-hydrogen) atoms. The molecule has 3 heterocycles. The molecule has 0 amide bonds. The van der Waals surface area contributed by atoms with Gasteiger partial charge in [0.1, 0.15) is 5.82 Å². The smallest absolute Gasteiger partial charge is 0.229 e. The topological polar surface area (TPSA) is 124 Å². The first-order chi connectivity index (χ1) is 18.6. The second-order valence-corrected chi connectivity index (χ2v) is 10.8. The Morgan fingerprint density at radius 2 is 1.74 bits per heavy atom. The van der Waals surface area contributed by atoms with Crippen LogP contribution in [0.1, 0.15) is 63.0 Å². The number of rotatable bonds is 6. The van der Waals surface area contributed by atoms with Crippen LogP contribution in [0.4, 0.5) is 17.5 Å². The average Bonchev–Trinajstić information content (AvgIpc) is 3.42. The number of aliphatic hydroxyl groups excluding tert-OH is 1. The van der Waals surface area contributed by atoms with Crippen LogP contribution in [-0.2, 0) is 4.74 Å². The van der Waals surface area contributed by atoms with Crippen LogP contribution in [0.25, 0.3) is 10.9 Å². The fourth-order valence-electron chi connectivity index (χ4n) is 6.14. The Balaban J connectivity index is 1.18. The number of hydrogen-bond acceptors (Lipinski definition) is 9. The monoisotopic (exact) mass is 516 g/mol. The van der Waals surface area contributed by atoms with Gasteiger partial charge < -0.3 is 20.5 Å². The van der Waals surface area contributed by atoms with E-state index < -0.39 is 0 Å². The van der Waals surface area contributed by atoms with Gasteiger partial charge in [-0.2, -0.15) is 15.3 Å². The van der Waals surface area contributed by atoms with E-state index in [0.29, 0.717) is 29.6 Å². The van der Waals surface area contributed by atoms with E-state index in [0.717, 1.165) is 100 Å². The molecule has 1 aliphatic heterocycles. The lowest BCUT2D eigenvalue weighted by molar-refractivity contribution is 0.00791. The van der Waals surface area contributed by atoms with Crippen LogP contribution < -0.4 is 10.6 Å². The summed E-state index contributed by atoms with van der Waals surface area (Å²) in [6.07, 6.45) is 11.6. The molecule has 3 aliphatic rings. The van der Waals surface area contributed by atoms with E-state index in [1.54, 1.807) is 12.3 Å². The third-order valence-corrected chi connectivity index (χ3v) is 8.32. The quantitative estimate of drug-likeness (QED) is 0.446. The highest BCUT2D eigenvalue weighted by Gasteiger charge is 2.27. The van der Waals surface area contributed by atoms with Crippen LogP contribution in [0.5, 0.6) is 0 Å². The van der Waals surface area contributed by atoms with Gasteiger partial charge in [-0.3, -0.25) is 9.58 Å². The Bertz CT molecular complexity index is 1280. The maximum absolute atomic E-state index is 9.82. The van der Waals surface area contributed by atoms with E-state index in [-0.39, 0.29) is 6.10 Å². The molecule has 200 valence electrons. The van der Waals surface area contributed by atoms with Gasteiger partial charge in [-0.25, -0.2) is 4.98 Å². The van der Waals surface area contributed by atoms with Crippen LogP contribution in [0.3, 0.4) is 0 Å². The zero-order valence-corrected chi connectivity index (χ0v) is 21.7. The molecule has 10 nitrogen and oxygen atoms in total. The summed E-state index contributed by atoms with van der Waals surface area (Å²) < 4.78 is 7.52. The molecular weight excluding hydrogens is 480 g/mol. The van der Waals surface area contributed by atoms with Gasteiger partial charge in [-0.05, 0) is 69.6 Å². The number of morpholine rings is 1. The first-order valence-corrected chi connectivity index (χ1v) is 13.9. The van der Waals surface area contributed by atoms with E-state index in [1.807, 2.05) is 23.0 Å². The summed E-state index contributed by atoms with van der Waals surface area (Å²) in [6, 6.07) is 9.06. The van der Waals surface area contributed by atoms with Crippen LogP contribution in [0.2, 0.25) is 0 Å². The molecule has 3 fully saturated rings. The maximum Gasteiger partial charge on any atom is 0.229 e. The van der Waals surface area contributed by atoms with E-state index in [1.165, 1.54) is 0 Å². The third kappa shape index (κ3) is 5.60. The molecule has 0 bridgehead atoms. The first-order valence-electron chi connectivity index (χ1n) is 13.9. The number of nitrogens with one attached hydrogen (secondary N) is 2. The third-order valence-electron chi connectivity index (χ3n) is 8.32. The SMILES string of the molecule is N#Cc1ccc2nc(Nc3cnn(C4CCC(O)CC4)c3)nc(N[C@H]3CC[C@H](N4CCOCC4)CC3)c2c1. The van der Waals surface area contributed by atoms with Gasteiger partial charge in [0.05, 0.1) is 54.4 Å². The van der Waals surface area contributed by atoms with Crippen molar-refractivity contribution in [2.45, 2.75) is 75.6 Å². The normalized spacial score (nSPS) is 26.6. The zero-order valence-electron chi connectivity index (χ0n) is 21.7. The van der Waals surface area contributed by atoms with Gasteiger partial charge in [0, 0.05) is 36.8 Å². The predicted octanol–water partition coefficient (Wildman–Crippen LogP) is 3.97. The van der Waals surface area contributed by atoms with Crippen molar-refractivity contribution in [2.24, 2.45) is 0 Å². The van der Waals surface area contributed by atoms with Gasteiger partial charge in [-0.15, -0.1) is 0 Å². The standard InChI is InChI=1S/C28H36N8O2/c29-16-19-1-10-26-25(15-19)27(31-20-2-4-22(5-3-20)35-11-13-38-14-12-35)34-28(33-26)32-21-17-30-36(18-21)23-6-8-24(37)9-7-23/h1,10,15,17-18,20,22-24,37H,2-9,11-14H2,(H2,31,32,33,34)/t20-,22-,23?,24?. The van der Waals surface area contributed by atoms with Gasteiger partial charge in [0.15, 0.2) is 0 Å². The van der Waals surface area contributed by atoms with E-state index in [2.05, 4.69) is 26.7 Å². The highest BCUT2D eigenvalue weighted by molar-refractivity contribution is 5.91. The summed E-state index contributed by atoms with van der Waals surface area (Å²) in [7, 11) is 0. The van der Waals surface area contributed by atoms with Crippen molar-refractivity contribution in [3.8, 4) is 6.07 Å². The lowest BCUT2D eigenvalue weighted by Crippen LogP contribution is -2.46. The van der Waals surface area contributed by atoms with Crippen molar-refractivity contribution < 1.29 is 9.84 Å². The highest BCUT2D eigenvalue weighted by atomic mass is 16.5. The largest absolute Gasteiger partial charge is 0.393 e. The minimum absolute atomic E-state index is 0.188. The van der Waals surface area contributed by atoms with Crippen molar-refractivity contribution in [1.29, 1.82) is 5.26 Å². The molecule has 3 N–H and O–H groups in total. The van der Waals surface area contributed by atoms with Gasteiger partial charge >= 0.3 is 0 Å². The molecule has 0 atom stereocenters. The Hall–Kier alpha value is -3.26. The summed E-state index contributed by atoms with van der Waals surface area (Å²) in [4.78, 5) is 12.2. The summed E-state index contributed by atoms with van der Waals surface area (Å²) >= 11 is 0. The number of ether oxygens (including phenoxy) is 1. The Morgan fingerprint density at radius 1 is 0.974 bits per heavy atom. The molecule has 2 aliphatic carbocycles. The van der Waals surface area contributed by atoms with Gasteiger partial charge in [0.2, 0.25) is 5.95 Å². The number of fused-ring (bicyclic) bond motifs is 1. The molecule has 0 spiro atoms. The molecule has 3 aromatic rings. The zero-order chi connectivity index (χ0) is 25.9. The maximum atomic E-state index is 9.82. The Labute approximate surface area is 223 Å². The summed E-state index contributed by atoms with van der Waals surface area (Å²) in [5.74, 6) is 1.27. The van der Waals surface area contributed by atoms with Gasteiger partial charge in [-0.1, -0.05) is 0 Å². The molecule has 0 radical (unpaired) electrons. The lowest BCUT2D eigenvalue weighted by atomic mass is 9.90. The fraction of sp³-hybridized carbons (Fsp3) is 0.571. The highest BCUT2D eigenvalue weighted by Crippen LogP contribution is 2.31. The second kappa shape index (κ2) is 11.2. The second-order valence-electron chi connectivity index (χ2n) is 10.8. The van der Waals surface area contributed by atoms with Crippen molar-refractivity contribution in [1.82, 2.24) is 24.6 Å². The molecule has 10 heteroatoms. The molecule has 6 rings (SSSR count). The predicted molar refractivity (Wildman–Crippen MR) is 145 cm³/mol. The molecule has 0 unspecified atom stereocenters. The van der Waals surface area contributed by atoms with Crippen molar-refractivity contribution in [2.75, 3.05) is 36.9 Å². The Morgan fingerprint density at radius 3 is 2.50 bits per heavy atom. The first kappa shape index (κ1) is 25.0. The lowest BCUT2D eigenvalue weighted by Gasteiger charge is -2.39. The van der Waals surface area contributed by atoms with Gasteiger partial charge in [0.25, 0.3) is 0 Å². The number of aliphatic hydroxyl groups is 1. The van der Waals surface area contributed by atoms with Crippen LogP contribution in [0.15, 0.2) is 30.6 Å². The number of benzene rings is 1. The summed E-state index contributed by atoms with van der Waals surface area (Å²) in [6.45, 7) is 3.74. The summed E-state index contributed by atoms with van der Waals surface area (Å²) in [5, 5.41) is 31.8. The minimum Gasteiger partial charge on any atom is -0.393 e. The fourth-order valence-corrected chi connectivity index (χ4v) is 6.14. The number of anilines is 3. The molecule has 1 saturated heterocycles. The minimum atomic E-state index is -0.188. The van der Waals surface area contributed by atoms with Crippen LogP contribution >= 0.6 is 0 Å². The molecule has 2 saturated carbocycles. The van der Waals surface area contributed by atoms with E-state index in [9.17, 15) is 10.4 Å². The number of nitrogens with zero attached hydrogens (tertiary/aromatic N) is 6.